The van der Waals surface area contributed by atoms with Crippen LogP contribution in [0.2, 0.25) is 0 Å². The number of carbonyl (C=O) groups excluding carboxylic acids is 2. The molecule has 0 aromatic carbocycles. The third-order valence-electron chi connectivity index (χ3n) is 9.98. The second kappa shape index (κ2) is 8.08. The van der Waals surface area contributed by atoms with Gasteiger partial charge >= 0.3 is 17.9 Å². The lowest BCUT2D eigenvalue weighted by atomic mass is 9.38. The quantitative estimate of drug-likeness (QED) is 0.485. The van der Waals surface area contributed by atoms with E-state index in [9.17, 15) is 14.4 Å². The fourth-order valence-electron chi connectivity index (χ4n) is 8.68. The van der Waals surface area contributed by atoms with Crippen LogP contribution in [0.3, 0.4) is 0 Å². The Labute approximate surface area is 185 Å². The molecule has 7 atom stereocenters. The predicted molar refractivity (Wildman–Crippen MR) is 114 cm³/mol. The standard InChI is InChI=1S/C25H38O6/c1-16(26)30-14-18-11-19-5-6-20-23(2,15-31-22(29)12-21(27)28)8-4-9-24(20,3)25(19)10-7-17(18)13-25/h17-20H,4-15H2,1-3H3,(H,27,28)/t17-,18?,19+,20-,23-,24+,25-/m0/s1. The van der Waals surface area contributed by atoms with E-state index in [1.165, 1.54) is 45.4 Å². The SMILES string of the molecule is CC(=O)OCC1C[C@H]2CC[C@H]3[C@](C)(COC(=O)CC(=O)O)CCC[C@@]3(C)[C@]23CC[C@H]1C3. The average molecular weight is 435 g/mol. The number of rotatable bonds is 6. The second-order valence-electron chi connectivity index (χ2n) is 11.4. The van der Waals surface area contributed by atoms with Crippen LogP contribution in [0.1, 0.15) is 85.0 Å². The molecule has 4 fully saturated rings. The molecule has 0 aromatic heterocycles. The van der Waals surface area contributed by atoms with Crippen LogP contribution in [0, 0.1) is 39.9 Å². The van der Waals surface area contributed by atoms with Gasteiger partial charge in [-0.3, -0.25) is 14.4 Å². The monoisotopic (exact) mass is 434 g/mol. The molecule has 4 saturated carbocycles. The molecule has 174 valence electrons. The lowest BCUT2D eigenvalue weighted by Crippen LogP contribution is -2.60. The summed E-state index contributed by atoms with van der Waals surface area (Å²) in [6.07, 6.45) is 10.1. The Morgan fingerprint density at radius 2 is 1.81 bits per heavy atom. The maximum absolute atomic E-state index is 11.9. The molecule has 31 heavy (non-hydrogen) atoms. The van der Waals surface area contributed by atoms with Crippen LogP contribution >= 0.6 is 0 Å². The van der Waals surface area contributed by atoms with E-state index in [0.717, 1.165) is 19.3 Å². The minimum absolute atomic E-state index is 0.0897. The van der Waals surface area contributed by atoms with Gasteiger partial charge in [0.2, 0.25) is 0 Å². The predicted octanol–water partition coefficient (Wildman–Crippen LogP) is 4.60. The summed E-state index contributed by atoms with van der Waals surface area (Å²) in [5.74, 6) is 0.386. The van der Waals surface area contributed by atoms with Crippen LogP contribution in [0.25, 0.3) is 0 Å². The zero-order chi connectivity index (χ0) is 22.4. The van der Waals surface area contributed by atoms with E-state index in [1.54, 1.807) is 0 Å². The van der Waals surface area contributed by atoms with Gasteiger partial charge < -0.3 is 14.6 Å². The Morgan fingerprint density at radius 1 is 1.03 bits per heavy atom. The largest absolute Gasteiger partial charge is 0.481 e. The van der Waals surface area contributed by atoms with Crippen LogP contribution in [-0.2, 0) is 23.9 Å². The van der Waals surface area contributed by atoms with Gasteiger partial charge in [0.05, 0.1) is 13.2 Å². The fraction of sp³-hybridized carbons (Fsp3) is 0.880. The van der Waals surface area contributed by atoms with Crippen LogP contribution in [0.15, 0.2) is 0 Å². The summed E-state index contributed by atoms with van der Waals surface area (Å²) in [7, 11) is 0. The third-order valence-corrected chi connectivity index (χ3v) is 9.98. The minimum Gasteiger partial charge on any atom is -0.481 e. The number of esters is 2. The number of carboxylic acids is 1. The van der Waals surface area contributed by atoms with Gasteiger partial charge in [-0.15, -0.1) is 0 Å². The van der Waals surface area contributed by atoms with Crippen molar-refractivity contribution < 1.29 is 29.0 Å². The molecule has 0 amide bonds. The molecule has 0 radical (unpaired) electrons. The highest BCUT2D eigenvalue weighted by molar-refractivity contribution is 5.90. The first-order valence-electron chi connectivity index (χ1n) is 12.1. The summed E-state index contributed by atoms with van der Waals surface area (Å²) >= 11 is 0. The molecular weight excluding hydrogens is 396 g/mol. The normalized spacial score (nSPS) is 43.5. The van der Waals surface area contributed by atoms with Gasteiger partial charge in [0.25, 0.3) is 0 Å². The van der Waals surface area contributed by atoms with E-state index in [1.807, 2.05) is 0 Å². The summed E-state index contributed by atoms with van der Waals surface area (Å²) in [6.45, 7) is 7.18. The van der Waals surface area contributed by atoms with E-state index < -0.39 is 18.4 Å². The Balaban J connectivity index is 1.52. The molecule has 6 nitrogen and oxygen atoms in total. The number of fused-ring (bicyclic) bond motifs is 2. The van der Waals surface area contributed by atoms with Gasteiger partial charge in [0, 0.05) is 12.3 Å². The van der Waals surface area contributed by atoms with Gasteiger partial charge in [-0.1, -0.05) is 20.3 Å². The van der Waals surface area contributed by atoms with Gasteiger partial charge in [-0.2, -0.15) is 0 Å². The Bertz CT molecular complexity index is 748. The Hall–Kier alpha value is -1.59. The van der Waals surface area contributed by atoms with Crippen LogP contribution in [-0.4, -0.2) is 36.2 Å². The van der Waals surface area contributed by atoms with Gasteiger partial charge in [-0.25, -0.2) is 0 Å². The molecule has 1 spiro atoms. The van der Waals surface area contributed by atoms with Gasteiger partial charge in [0.1, 0.15) is 6.42 Å². The molecule has 0 heterocycles. The molecule has 4 aliphatic carbocycles. The van der Waals surface area contributed by atoms with E-state index in [0.29, 0.717) is 42.3 Å². The van der Waals surface area contributed by atoms with E-state index in [-0.39, 0.29) is 16.8 Å². The molecule has 4 aliphatic rings. The first-order chi connectivity index (χ1) is 14.6. The smallest absolute Gasteiger partial charge is 0.317 e. The van der Waals surface area contributed by atoms with Crippen molar-refractivity contribution in [3.8, 4) is 0 Å². The molecule has 0 aliphatic heterocycles. The number of hydrogen-bond donors (Lipinski definition) is 1. The molecule has 1 unspecified atom stereocenters. The highest BCUT2D eigenvalue weighted by Crippen LogP contribution is 2.74. The molecule has 6 heteroatoms. The summed E-state index contributed by atoms with van der Waals surface area (Å²) in [6, 6.07) is 0. The van der Waals surface area contributed by atoms with Crippen molar-refractivity contribution in [2.45, 2.75) is 85.0 Å². The number of ether oxygens (including phenoxy) is 2. The highest BCUT2D eigenvalue weighted by Gasteiger charge is 2.67. The van der Waals surface area contributed by atoms with Gasteiger partial charge in [0.15, 0.2) is 0 Å². The summed E-state index contributed by atoms with van der Waals surface area (Å²) in [5.41, 5.74) is 0.483. The first-order valence-corrected chi connectivity index (χ1v) is 12.1. The maximum atomic E-state index is 11.9. The number of aliphatic carboxylic acids is 1. The fourth-order valence-corrected chi connectivity index (χ4v) is 8.68. The molecule has 0 aromatic rings. The van der Waals surface area contributed by atoms with Crippen LogP contribution in [0.5, 0.6) is 0 Å². The van der Waals surface area contributed by atoms with Crippen molar-refractivity contribution in [2.75, 3.05) is 13.2 Å². The zero-order valence-electron chi connectivity index (χ0n) is 19.3. The molecule has 0 saturated heterocycles. The van der Waals surface area contributed by atoms with E-state index in [4.69, 9.17) is 14.6 Å². The molecular formula is C25H38O6. The van der Waals surface area contributed by atoms with Crippen LogP contribution < -0.4 is 0 Å². The van der Waals surface area contributed by atoms with Crippen molar-refractivity contribution in [3.05, 3.63) is 0 Å². The molecule has 4 rings (SSSR count). The lowest BCUT2D eigenvalue weighted by Gasteiger charge is -2.66. The highest BCUT2D eigenvalue weighted by atomic mass is 16.5. The minimum atomic E-state index is -1.13. The van der Waals surface area contributed by atoms with Crippen molar-refractivity contribution in [1.29, 1.82) is 0 Å². The number of carboxylic acid groups (broad SMARTS) is 1. The summed E-state index contributed by atoms with van der Waals surface area (Å²) < 4.78 is 10.9. The van der Waals surface area contributed by atoms with Crippen molar-refractivity contribution >= 4 is 17.9 Å². The van der Waals surface area contributed by atoms with Crippen molar-refractivity contribution in [2.24, 2.45) is 39.9 Å². The maximum Gasteiger partial charge on any atom is 0.317 e. The lowest BCUT2D eigenvalue weighted by molar-refractivity contribution is -0.193. The number of carbonyl (C=O) groups is 3. The van der Waals surface area contributed by atoms with Crippen molar-refractivity contribution in [1.82, 2.24) is 0 Å². The van der Waals surface area contributed by atoms with E-state index in [2.05, 4.69) is 13.8 Å². The summed E-state index contributed by atoms with van der Waals surface area (Å²) in [4.78, 5) is 34.1. The summed E-state index contributed by atoms with van der Waals surface area (Å²) in [5, 5.41) is 8.87. The Morgan fingerprint density at radius 3 is 2.52 bits per heavy atom. The van der Waals surface area contributed by atoms with Crippen LogP contribution in [0.4, 0.5) is 0 Å². The zero-order valence-corrected chi connectivity index (χ0v) is 19.3. The van der Waals surface area contributed by atoms with Gasteiger partial charge in [-0.05, 0) is 85.9 Å². The topological polar surface area (TPSA) is 89.9 Å². The van der Waals surface area contributed by atoms with Crippen molar-refractivity contribution in [3.63, 3.8) is 0 Å². The van der Waals surface area contributed by atoms with E-state index >= 15 is 0 Å². The molecule has 1 N–H and O–H groups in total. The second-order valence-corrected chi connectivity index (χ2v) is 11.4. The third kappa shape index (κ3) is 3.78. The molecule has 2 bridgehead atoms. The Kier molecular flexibility index (Phi) is 5.89. The number of hydrogen-bond acceptors (Lipinski definition) is 5. The first kappa shape index (κ1) is 22.6. The average Bonchev–Trinajstić information content (AvgIpc) is 3.07.